The normalized spacial score (nSPS) is 12.6. The number of carbonyl (C=O) groups excluding carboxylic acids is 1. The molecule has 0 fully saturated rings. The Kier molecular flexibility index (Phi) is 7.24. The Morgan fingerprint density at radius 3 is 2.52 bits per heavy atom. The van der Waals surface area contributed by atoms with Gasteiger partial charge >= 0.3 is 0 Å². The Bertz CT molecular complexity index is 882. The van der Waals surface area contributed by atoms with Crippen LogP contribution in [0.15, 0.2) is 24.3 Å². The molecular weight excluding hydrogens is 393 g/mol. The van der Waals surface area contributed by atoms with Gasteiger partial charge in [0, 0.05) is 11.3 Å². The molecule has 1 amide bonds. The zero-order chi connectivity index (χ0) is 21.8. The molecule has 0 saturated heterocycles. The third kappa shape index (κ3) is 6.14. The Balaban J connectivity index is 2.07. The number of hydrogen-bond donors (Lipinski definition) is 1. The minimum atomic E-state index is -1.30. The number of rotatable bonds is 7. The van der Waals surface area contributed by atoms with E-state index in [-0.39, 0.29) is 28.6 Å². The number of hydrogen-bond acceptors (Lipinski definition) is 5. The topological polar surface area (TPSA) is 73.3 Å². The molecule has 1 heterocycles. The second kappa shape index (κ2) is 9.09. The fourth-order valence-corrected chi connectivity index (χ4v) is 3.06. The lowest BCUT2D eigenvalue weighted by molar-refractivity contribution is 0.0945. The second-order valence-corrected chi connectivity index (χ2v) is 12.0. The van der Waals surface area contributed by atoms with Gasteiger partial charge in [0.1, 0.15) is 18.1 Å². The van der Waals surface area contributed by atoms with Crippen molar-refractivity contribution in [3.05, 3.63) is 52.9 Å². The van der Waals surface area contributed by atoms with Crippen molar-refractivity contribution in [1.29, 1.82) is 0 Å². The van der Waals surface area contributed by atoms with E-state index >= 15 is 0 Å². The van der Waals surface area contributed by atoms with Crippen LogP contribution in [0.4, 0.5) is 4.39 Å². The number of carbonyl (C=O) groups is 1. The second-order valence-electron chi connectivity index (χ2n) is 8.05. The molecule has 0 aliphatic rings. The van der Waals surface area contributed by atoms with Gasteiger partial charge in [-0.15, -0.1) is 10.3 Å². The monoisotopic (exact) mass is 423 g/mol. The molecule has 0 bridgehead atoms. The highest BCUT2D eigenvalue weighted by Gasteiger charge is 2.29. The van der Waals surface area contributed by atoms with Gasteiger partial charge in [0.05, 0.1) is 12.8 Å². The number of ether oxygens (including phenoxy) is 1. The van der Waals surface area contributed by atoms with E-state index in [2.05, 4.69) is 48.6 Å². The first-order chi connectivity index (χ1) is 13.4. The fourth-order valence-electron chi connectivity index (χ4n) is 2.29. The van der Waals surface area contributed by atoms with Crippen molar-refractivity contribution >= 4 is 16.2 Å². The van der Waals surface area contributed by atoms with Crippen LogP contribution in [0.2, 0.25) is 0 Å². The predicted octanol–water partition coefficient (Wildman–Crippen LogP) is 4.16. The molecule has 29 heavy (non-hydrogen) atoms. The summed E-state index contributed by atoms with van der Waals surface area (Å²) in [4.78, 5) is 21.2. The molecule has 0 saturated carbocycles. The lowest BCUT2D eigenvalue weighted by atomic mass is 10.2. The molecule has 2 aromatic rings. The highest BCUT2D eigenvalue weighted by atomic mass is 32.3. The maximum absolute atomic E-state index is 13.5. The average molecular weight is 424 g/mol. The maximum atomic E-state index is 13.5. The SMILES string of the molecule is COc1cc(CNC(=O)c2cc(COS(C)(C)C(C)(C)C)nc(C)n2)ccc1F. The molecule has 2 rings (SSSR count). The van der Waals surface area contributed by atoms with E-state index in [9.17, 15) is 9.18 Å². The highest BCUT2D eigenvalue weighted by Crippen LogP contribution is 2.54. The molecule has 0 radical (unpaired) electrons. The molecule has 0 aliphatic carbocycles. The van der Waals surface area contributed by atoms with E-state index in [0.29, 0.717) is 18.1 Å². The van der Waals surface area contributed by atoms with Gasteiger partial charge in [0.2, 0.25) is 0 Å². The van der Waals surface area contributed by atoms with Crippen LogP contribution in [-0.2, 0) is 17.3 Å². The van der Waals surface area contributed by atoms with E-state index in [0.717, 1.165) is 5.56 Å². The van der Waals surface area contributed by atoms with Gasteiger partial charge in [-0.2, -0.15) is 0 Å². The number of amides is 1. The van der Waals surface area contributed by atoms with Crippen molar-refractivity contribution in [2.75, 3.05) is 19.6 Å². The molecule has 0 unspecified atom stereocenters. The summed E-state index contributed by atoms with van der Waals surface area (Å²) in [5, 5.41) is 2.79. The van der Waals surface area contributed by atoms with Crippen molar-refractivity contribution < 1.29 is 18.1 Å². The summed E-state index contributed by atoms with van der Waals surface area (Å²) >= 11 is 0. The van der Waals surface area contributed by atoms with E-state index in [1.54, 1.807) is 25.1 Å². The summed E-state index contributed by atoms with van der Waals surface area (Å²) in [5.74, 6) is -0.136. The highest BCUT2D eigenvalue weighted by molar-refractivity contribution is 8.29. The van der Waals surface area contributed by atoms with Crippen LogP contribution in [0.25, 0.3) is 0 Å². The largest absolute Gasteiger partial charge is 0.494 e. The van der Waals surface area contributed by atoms with Crippen LogP contribution in [-0.4, -0.2) is 40.2 Å². The predicted molar refractivity (Wildman–Crippen MR) is 115 cm³/mol. The maximum Gasteiger partial charge on any atom is 0.270 e. The molecule has 160 valence electrons. The lowest BCUT2D eigenvalue weighted by Gasteiger charge is -2.43. The summed E-state index contributed by atoms with van der Waals surface area (Å²) in [5.41, 5.74) is 1.66. The number of benzene rings is 1. The van der Waals surface area contributed by atoms with Crippen molar-refractivity contribution in [3.8, 4) is 5.75 Å². The van der Waals surface area contributed by atoms with Crippen LogP contribution in [0, 0.1) is 12.7 Å². The Morgan fingerprint density at radius 1 is 1.21 bits per heavy atom. The van der Waals surface area contributed by atoms with Gasteiger partial charge in [-0.25, -0.2) is 14.4 Å². The molecule has 0 spiro atoms. The number of aryl methyl sites for hydroxylation is 1. The molecule has 6 nitrogen and oxygen atoms in total. The number of halogens is 1. The summed E-state index contributed by atoms with van der Waals surface area (Å²) in [6.07, 6.45) is 4.23. The van der Waals surface area contributed by atoms with Crippen LogP contribution in [0.3, 0.4) is 0 Å². The molecular formula is C21H30FN3O3S. The minimum Gasteiger partial charge on any atom is -0.494 e. The Hall–Kier alpha value is -2.19. The minimum absolute atomic E-state index is 0.0332. The standard InChI is InChI=1S/C21H30FN3O3S/c1-14-24-16(13-28-29(6,7)21(2,3)4)11-18(25-14)20(26)23-12-15-8-9-17(22)19(10-15)27-5/h8-11H,12-13H2,1-7H3,(H,23,26). The van der Waals surface area contributed by atoms with E-state index in [4.69, 9.17) is 8.92 Å². The molecule has 0 aliphatic heterocycles. The molecule has 1 aromatic heterocycles. The van der Waals surface area contributed by atoms with Gasteiger partial charge in [-0.05, 0) is 43.2 Å². The summed E-state index contributed by atoms with van der Waals surface area (Å²) in [7, 11) is 0.0978. The molecule has 0 atom stereocenters. The van der Waals surface area contributed by atoms with Crippen LogP contribution in [0.5, 0.6) is 5.75 Å². The average Bonchev–Trinajstić information content (AvgIpc) is 2.64. The molecule has 1 N–H and O–H groups in total. The van der Waals surface area contributed by atoms with Crippen LogP contribution >= 0.6 is 10.3 Å². The fraction of sp³-hybridized carbons (Fsp3) is 0.476. The Labute approximate surface area is 173 Å². The van der Waals surface area contributed by atoms with Crippen LogP contribution < -0.4 is 10.1 Å². The summed E-state index contributed by atoms with van der Waals surface area (Å²) in [6, 6.07) is 6.10. The molecule has 8 heteroatoms. The third-order valence-electron chi connectivity index (χ3n) is 4.77. The van der Waals surface area contributed by atoms with Gasteiger partial charge < -0.3 is 14.2 Å². The van der Waals surface area contributed by atoms with Gasteiger partial charge in [0.15, 0.2) is 11.6 Å². The third-order valence-corrected chi connectivity index (χ3v) is 8.43. The number of methoxy groups -OCH3 is 1. The first-order valence-electron chi connectivity index (χ1n) is 9.25. The quantitative estimate of drug-likeness (QED) is 0.724. The van der Waals surface area contributed by atoms with E-state index in [1.807, 2.05) is 0 Å². The zero-order valence-corrected chi connectivity index (χ0v) is 18.9. The summed E-state index contributed by atoms with van der Waals surface area (Å²) < 4.78 is 24.7. The Morgan fingerprint density at radius 2 is 1.90 bits per heavy atom. The lowest BCUT2D eigenvalue weighted by Crippen LogP contribution is -2.26. The number of nitrogens with zero attached hydrogens (tertiary/aromatic N) is 2. The van der Waals surface area contributed by atoms with E-state index < -0.39 is 16.1 Å². The number of nitrogens with one attached hydrogen (secondary N) is 1. The van der Waals surface area contributed by atoms with Crippen molar-refractivity contribution in [3.63, 3.8) is 0 Å². The molecule has 1 aromatic carbocycles. The van der Waals surface area contributed by atoms with Gasteiger partial charge in [0.25, 0.3) is 5.91 Å². The zero-order valence-electron chi connectivity index (χ0n) is 18.1. The van der Waals surface area contributed by atoms with Crippen molar-refractivity contribution in [2.45, 2.75) is 45.6 Å². The first-order valence-corrected chi connectivity index (χ1v) is 11.6. The number of aromatic nitrogens is 2. The smallest absolute Gasteiger partial charge is 0.270 e. The van der Waals surface area contributed by atoms with E-state index in [1.165, 1.54) is 13.2 Å². The van der Waals surface area contributed by atoms with Crippen molar-refractivity contribution in [1.82, 2.24) is 15.3 Å². The van der Waals surface area contributed by atoms with Crippen molar-refractivity contribution in [2.24, 2.45) is 0 Å². The van der Waals surface area contributed by atoms with Gasteiger partial charge in [-0.3, -0.25) is 4.79 Å². The summed E-state index contributed by atoms with van der Waals surface area (Å²) in [6.45, 7) is 8.74. The van der Waals surface area contributed by atoms with Gasteiger partial charge in [-0.1, -0.05) is 26.8 Å². The van der Waals surface area contributed by atoms with Crippen LogP contribution in [0.1, 0.15) is 48.3 Å². The first kappa shape index (κ1) is 23.1.